The van der Waals surface area contributed by atoms with Gasteiger partial charge in [-0.1, -0.05) is 12.1 Å². The van der Waals surface area contributed by atoms with Crippen LogP contribution in [0.3, 0.4) is 0 Å². The molecule has 2 aliphatic heterocycles. The number of methoxy groups -OCH3 is 1. The minimum atomic E-state index is -0.269. The summed E-state index contributed by atoms with van der Waals surface area (Å²) in [4.78, 5) is 14.8. The van der Waals surface area contributed by atoms with Crippen molar-refractivity contribution < 1.29 is 19.0 Å². The second kappa shape index (κ2) is 9.15. The molecule has 2 aliphatic rings. The van der Waals surface area contributed by atoms with Crippen LogP contribution in [-0.2, 0) is 14.3 Å². The fourth-order valence-electron chi connectivity index (χ4n) is 3.23. The van der Waals surface area contributed by atoms with Crippen molar-refractivity contribution in [2.75, 3.05) is 59.7 Å². The van der Waals surface area contributed by atoms with Crippen molar-refractivity contribution >= 4 is 5.91 Å². The SMILES string of the molecule is COc1ccc(C(CNC(=O)C2COCCN2)N2CCOCC2)cc1. The fourth-order valence-corrected chi connectivity index (χ4v) is 3.23. The molecule has 2 N–H and O–H groups in total. The first-order valence-corrected chi connectivity index (χ1v) is 8.82. The van der Waals surface area contributed by atoms with E-state index in [9.17, 15) is 4.79 Å². The van der Waals surface area contributed by atoms with Crippen LogP contribution in [0, 0.1) is 0 Å². The van der Waals surface area contributed by atoms with E-state index in [-0.39, 0.29) is 18.0 Å². The zero-order chi connectivity index (χ0) is 17.5. The second-order valence-corrected chi connectivity index (χ2v) is 6.26. The first-order chi connectivity index (χ1) is 12.3. The van der Waals surface area contributed by atoms with Crippen LogP contribution in [-0.4, -0.2) is 76.6 Å². The molecule has 7 heteroatoms. The predicted molar refractivity (Wildman–Crippen MR) is 93.7 cm³/mol. The molecule has 2 atom stereocenters. The van der Waals surface area contributed by atoms with Gasteiger partial charge in [0.15, 0.2) is 0 Å². The van der Waals surface area contributed by atoms with Crippen molar-refractivity contribution in [3.63, 3.8) is 0 Å². The van der Waals surface area contributed by atoms with Crippen LogP contribution >= 0.6 is 0 Å². The molecule has 0 spiro atoms. The van der Waals surface area contributed by atoms with E-state index >= 15 is 0 Å². The Kier molecular flexibility index (Phi) is 6.63. The Morgan fingerprint density at radius 2 is 2.04 bits per heavy atom. The molecule has 1 aromatic carbocycles. The van der Waals surface area contributed by atoms with E-state index in [0.29, 0.717) is 26.3 Å². The Morgan fingerprint density at radius 1 is 1.28 bits per heavy atom. The molecule has 2 heterocycles. The number of nitrogens with zero attached hydrogens (tertiary/aromatic N) is 1. The highest BCUT2D eigenvalue weighted by atomic mass is 16.5. The molecule has 0 aliphatic carbocycles. The molecule has 2 unspecified atom stereocenters. The molecule has 25 heavy (non-hydrogen) atoms. The molecule has 2 fully saturated rings. The lowest BCUT2D eigenvalue weighted by Crippen LogP contribution is -2.53. The third-order valence-electron chi connectivity index (χ3n) is 4.69. The van der Waals surface area contributed by atoms with Gasteiger partial charge in [0.05, 0.1) is 39.6 Å². The number of ether oxygens (including phenoxy) is 3. The van der Waals surface area contributed by atoms with Crippen LogP contribution in [0.25, 0.3) is 0 Å². The minimum Gasteiger partial charge on any atom is -0.497 e. The van der Waals surface area contributed by atoms with Gasteiger partial charge >= 0.3 is 0 Å². The highest BCUT2D eigenvalue weighted by Crippen LogP contribution is 2.23. The van der Waals surface area contributed by atoms with Gasteiger partial charge < -0.3 is 24.8 Å². The number of benzene rings is 1. The lowest BCUT2D eigenvalue weighted by Gasteiger charge is -2.35. The summed E-state index contributed by atoms with van der Waals surface area (Å²) in [5.41, 5.74) is 1.16. The Morgan fingerprint density at radius 3 is 2.68 bits per heavy atom. The average Bonchev–Trinajstić information content (AvgIpc) is 2.70. The summed E-state index contributed by atoms with van der Waals surface area (Å²) >= 11 is 0. The first kappa shape index (κ1) is 18.1. The number of hydrogen-bond donors (Lipinski definition) is 2. The zero-order valence-electron chi connectivity index (χ0n) is 14.7. The summed E-state index contributed by atoms with van der Waals surface area (Å²) in [5.74, 6) is 0.823. The van der Waals surface area contributed by atoms with E-state index < -0.39 is 0 Å². The standard InChI is InChI=1S/C18H27N3O4/c1-23-15-4-2-14(3-5-15)17(21-7-10-24-11-8-21)12-20-18(22)16-13-25-9-6-19-16/h2-5,16-17,19H,6-13H2,1H3,(H,20,22). The van der Waals surface area contributed by atoms with Gasteiger partial charge in [0.25, 0.3) is 0 Å². The zero-order valence-corrected chi connectivity index (χ0v) is 14.7. The van der Waals surface area contributed by atoms with Gasteiger partial charge in [0, 0.05) is 26.2 Å². The highest BCUT2D eigenvalue weighted by molar-refractivity contribution is 5.82. The maximum absolute atomic E-state index is 12.4. The molecule has 0 aromatic heterocycles. The number of carbonyl (C=O) groups excluding carboxylic acids is 1. The number of morpholine rings is 2. The largest absolute Gasteiger partial charge is 0.497 e. The van der Waals surface area contributed by atoms with Crippen LogP contribution in [0.1, 0.15) is 11.6 Å². The normalized spacial score (nSPS) is 23.0. The van der Waals surface area contributed by atoms with Gasteiger partial charge in [-0.05, 0) is 17.7 Å². The van der Waals surface area contributed by atoms with E-state index in [4.69, 9.17) is 14.2 Å². The van der Waals surface area contributed by atoms with E-state index in [1.54, 1.807) is 7.11 Å². The summed E-state index contributed by atoms with van der Waals surface area (Å²) in [6.45, 7) is 5.52. The van der Waals surface area contributed by atoms with Gasteiger partial charge in [-0.3, -0.25) is 9.69 Å². The monoisotopic (exact) mass is 349 g/mol. The Hall–Kier alpha value is -1.67. The van der Waals surface area contributed by atoms with Crippen molar-refractivity contribution in [3.05, 3.63) is 29.8 Å². The first-order valence-electron chi connectivity index (χ1n) is 8.82. The molecule has 138 valence electrons. The van der Waals surface area contributed by atoms with Crippen molar-refractivity contribution in [2.45, 2.75) is 12.1 Å². The van der Waals surface area contributed by atoms with Crippen LogP contribution < -0.4 is 15.4 Å². The van der Waals surface area contributed by atoms with Crippen LogP contribution in [0.15, 0.2) is 24.3 Å². The molecule has 1 aromatic rings. The van der Waals surface area contributed by atoms with E-state index in [1.807, 2.05) is 12.1 Å². The van der Waals surface area contributed by atoms with Crippen molar-refractivity contribution in [3.8, 4) is 5.75 Å². The summed E-state index contributed by atoms with van der Waals surface area (Å²) in [6, 6.07) is 7.89. The molecule has 1 amide bonds. The number of carbonyl (C=O) groups is 1. The Bertz CT molecular complexity index is 540. The van der Waals surface area contributed by atoms with Crippen molar-refractivity contribution in [1.29, 1.82) is 0 Å². The second-order valence-electron chi connectivity index (χ2n) is 6.26. The molecule has 2 saturated heterocycles. The summed E-state index contributed by atoms with van der Waals surface area (Å²) in [5, 5.41) is 6.27. The number of amides is 1. The topological polar surface area (TPSA) is 72.1 Å². The summed E-state index contributed by atoms with van der Waals surface area (Å²) < 4.78 is 16.1. The molecule has 0 saturated carbocycles. The minimum absolute atomic E-state index is 0.00790. The van der Waals surface area contributed by atoms with Crippen LogP contribution in [0.2, 0.25) is 0 Å². The van der Waals surface area contributed by atoms with Crippen molar-refractivity contribution in [1.82, 2.24) is 15.5 Å². The van der Waals surface area contributed by atoms with E-state index in [0.717, 1.165) is 37.6 Å². The van der Waals surface area contributed by atoms with Gasteiger partial charge in [0.2, 0.25) is 5.91 Å². The average molecular weight is 349 g/mol. The third kappa shape index (κ3) is 4.92. The Balaban J connectivity index is 1.65. The number of hydrogen-bond acceptors (Lipinski definition) is 6. The molecule has 7 nitrogen and oxygen atoms in total. The van der Waals surface area contributed by atoms with Crippen molar-refractivity contribution in [2.24, 2.45) is 0 Å². The molecular formula is C18H27N3O4. The molecule has 0 radical (unpaired) electrons. The highest BCUT2D eigenvalue weighted by Gasteiger charge is 2.26. The van der Waals surface area contributed by atoms with Gasteiger partial charge in [-0.2, -0.15) is 0 Å². The molecule has 3 rings (SSSR count). The Labute approximate surface area is 148 Å². The predicted octanol–water partition coefficient (Wildman–Crippen LogP) is 0.173. The summed E-state index contributed by atoms with van der Waals surface area (Å²) in [6.07, 6.45) is 0. The van der Waals surface area contributed by atoms with Gasteiger partial charge in [0.1, 0.15) is 11.8 Å². The van der Waals surface area contributed by atoms with Crippen LogP contribution in [0.5, 0.6) is 5.75 Å². The summed E-state index contributed by atoms with van der Waals surface area (Å²) in [7, 11) is 1.66. The lowest BCUT2D eigenvalue weighted by molar-refractivity contribution is -0.126. The quantitative estimate of drug-likeness (QED) is 0.763. The van der Waals surface area contributed by atoms with E-state index in [2.05, 4.69) is 27.7 Å². The fraction of sp³-hybridized carbons (Fsp3) is 0.611. The number of nitrogens with one attached hydrogen (secondary N) is 2. The van der Waals surface area contributed by atoms with E-state index in [1.165, 1.54) is 0 Å². The molecule has 0 bridgehead atoms. The van der Waals surface area contributed by atoms with Gasteiger partial charge in [-0.15, -0.1) is 0 Å². The number of rotatable bonds is 6. The maximum Gasteiger partial charge on any atom is 0.239 e. The molecular weight excluding hydrogens is 322 g/mol. The van der Waals surface area contributed by atoms with Gasteiger partial charge in [-0.25, -0.2) is 0 Å². The van der Waals surface area contributed by atoms with Crippen LogP contribution in [0.4, 0.5) is 0 Å². The lowest BCUT2D eigenvalue weighted by atomic mass is 10.0. The smallest absolute Gasteiger partial charge is 0.239 e. The maximum atomic E-state index is 12.4. The third-order valence-corrected chi connectivity index (χ3v) is 4.69.